The number of fused-ring (bicyclic) bond motifs is 3. The molecule has 0 spiro atoms. The van der Waals surface area contributed by atoms with Crippen molar-refractivity contribution in [1.29, 1.82) is 0 Å². The van der Waals surface area contributed by atoms with Crippen LogP contribution in [0.3, 0.4) is 0 Å². The first kappa shape index (κ1) is 11.1. The fourth-order valence-electron chi connectivity index (χ4n) is 1.58. The summed E-state index contributed by atoms with van der Waals surface area (Å²) in [5.41, 5.74) is 1.96. The molecule has 0 bridgehead atoms. The van der Waals surface area contributed by atoms with Gasteiger partial charge in [-0.1, -0.05) is 29.8 Å². The number of nitrogens with zero attached hydrogens (tertiary/aromatic N) is 2. The predicted molar refractivity (Wildman–Crippen MR) is 70.4 cm³/mol. The summed E-state index contributed by atoms with van der Waals surface area (Å²) >= 11 is 3.45. The van der Waals surface area contributed by atoms with E-state index in [2.05, 4.69) is 37.2 Å². The minimum absolute atomic E-state index is 0.968. The molecule has 1 aromatic carbocycles. The maximum absolute atomic E-state index is 4.33. The zero-order chi connectivity index (χ0) is 11.5. The van der Waals surface area contributed by atoms with Crippen LogP contribution in [0.25, 0.3) is 21.8 Å². The second-order valence-corrected chi connectivity index (χ2v) is 4.03. The Balaban J connectivity index is 0.000000457. The standard InChI is InChI=1S/C10H6BrN3.C2H6/c11-6-1-2-9-7(3-6)8-4-13-14-10(8)5-12-9;1-2/h1-5H,(H,13,14);1-2H3. The molecule has 3 rings (SSSR count). The number of benzene rings is 1. The Labute approximate surface area is 102 Å². The van der Waals surface area contributed by atoms with Crippen LogP contribution in [-0.4, -0.2) is 15.2 Å². The van der Waals surface area contributed by atoms with Crippen molar-refractivity contribution in [3.05, 3.63) is 35.1 Å². The van der Waals surface area contributed by atoms with Gasteiger partial charge in [-0.15, -0.1) is 0 Å². The third-order valence-corrected chi connectivity index (χ3v) is 2.74. The maximum atomic E-state index is 4.33. The van der Waals surface area contributed by atoms with Crippen LogP contribution in [0.5, 0.6) is 0 Å². The number of hydrogen-bond donors (Lipinski definition) is 1. The first-order valence-corrected chi connectivity index (χ1v) is 6.01. The number of hydrogen-bond acceptors (Lipinski definition) is 2. The van der Waals surface area contributed by atoms with Crippen molar-refractivity contribution in [3.63, 3.8) is 0 Å². The van der Waals surface area contributed by atoms with E-state index in [-0.39, 0.29) is 0 Å². The molecule has 3 aromatic rings. The highest BCUT2D eigenvalue weighted by Crippen LogP contribution is 2.24. The topological polar surface area (TPSA) is 41.6 Å². The highest BCUT2D eigenvalue weighted by atomic mass is 79.9. The fraction of sp³-hybridized carbons (Fsp3) is 0.167. The van der Waals surface area contributed by atoms with E-state index in [0.717, 1.165) is 26.3 Å². The summed E-state index contributed by atoms with van der Waals surface area (Å²) in [5.74, 6) is 0. The average molecular weight is 278 g/mol. The molecule has 0 unspecified atom stereocenters. The summed E-state index contributed by atoms with van der Waals surface area (Å²) in [6.45, 7) is 4.00. The molecule has 4 heteroatoms. The second kappa shape index (κ2) is 4.61. The molecular formula is C12H12BrN3. The minimum atomic E-state index is 0.968. The first-order valence-electron chi connectivity index (χ1n) is 5.22. The summed E-state index contributed by atoms with van der Waals surface area (Å²) in [5, 5.41) is 9.13. The van der Waals surface area contributed by atoms with Crippen molar-refractivity contribution in [2.45, 2.75) is 13.8 Å². The number of halogens is 1. The summed E-state index contributed by atoms with van der Waals surface area (Å²) in [6, 6.07) is 6.04. The Hall–Kier alpha value is -1.42. The van der Waals surface area contributed by atoms with Crippen molar-refractivity contribution < 1.29 is 0 Å². The number of rotatable bonds is 0. The summed E-state index contributed by atoms with van der Waals surface area (Å²) in [7, 11) is 0. The smallest absolute Gasteiger partial charge is 0.0840 e. The van der Waals surface area contributed by atoms with Gasteiger partial charge in [0.2, 0.25) is 0 Å². The summed E-state index contributed by atoms with van der Waals surface area (Å²) < 4.78 is 1.06. The van der Waals surface area contributed by atoms with Crippen LogP contribution in [0.2, 0.25) is 0 Å². The number of pyridine rings is 1. The monoisotopic (exact) mass is 277 g/mol. The van der Waals surface area contributed by atoms with E-state index >= 15 is 0 Å². The molecule has 0 saturated heterocycles. The Kier molecular flexibility index (Phi) is 3.19. The predicted octanol–water partition coefficient (Wildman–Crippen LogP) is 3.90. The lowest BCUT2D eigenvalue weighted by atomic mass is 10.1. The zero-order valence-corrected chi connectivity index (χ0v) is 10.7. The van der Waals surface area contributed by atoms with Gasteiger partial charge in [-0.05, 0) is 18.2 Å². The van der Waals surface area contributed by atoms with E-state index in [1.807, 2.05) is 32.2 Å². The number of aromatic amines is 1. The van der Waals surface area contributed by atoms with E-state index in [4.69, 9.17) is 0 Å². The Bertz CT molecular complexity index is 616. The van der Waals surface area contributed by atoms with Gasteiger partial charge < -0.3 is 0 Å². The van der Waals surface area contributed by atoms with E-state index in [1.54, 1.807) is 6.20 Å². The molecule has 0 fully saturated rings. The minimum Gasteiger partial charge on any atom is -0.276 e. The largest absolute Gasteiger partial charge is 0.276 e. The van der Waals surface area contributed by atoms with E-state index in [1.165, 1.54) is 0 Å². The second-order valence-electron chi connectivity index (χ2n) is 3.12. The van der Waals surface area contributed by atoms with Gasteiger partial charge in [0, 0.05) is 15.2 Å². The number of aromatic nitrogens is 3. The Morgan fingerprint density at radius 1 is 1.12 bits per heavy atom. The molecular weight excluding hydrogens is 266 g/mol. The molecule has 16 heavy (non-hydrogen) atoms. The highest BCUT2D eigenvalue weighted by molar-refractivity contribution is 9.10. The van der Waals surface area contributed by atoms with Crippen molar-refractivity contribution in [3.8, 4) is 0 Å². The average Bonchev–Trinajstić information content (AvgIpc) is 2.80. The van der Waals surface area contributed by atoms with Gasteiger partial charge in [-0.2, -0.15) is 5.10 Å². The summed E-state index contributed by atoms with van der Waals surface area (Å²) in [4.78, 5) is 4.33. The lowest BCUT2D eigenvalue weighted by Gasteiger charge is -1.98. The first-order chi connectivity index (χ1) is 7.84. The highest BCUT2D eigenvalue weighted by Gasteiger charge is 2.02. The zero-order valence-electron chi connectivity index (χ0n) is 9.16. The third kappa shape index (κ3) is 1.80. The molecule has 0 amide bonds. The molecule has 82 valence electrons. The van der Waals surface area contributed by atoms with Crippen LogP contribution in [0.1, 0.15) is 13.8 Å². The van der Waals surface area contributed by atoms with Gasteiger partial charge in [0.05, 0.1) is 23.4 Å². The molecule has 0 aliphatic heterocycles. The van der Waals surface area contributed by atoms with Gasteiger partial charge in [-0.3, -0.25) is 10.1 Å². The van der Waals surface area contributed by atoms with E-state index < -0.39 is 0 Å². The Morgan fingerprint density at radius 3 is 2.75 bits per heavy atom. The molecule has 0 saturated carbocycles. The molecule has 0 atom stereocenters. The molecule has 3 nitrogen and oxygen atoms in total. The van der Waals surface area contributed by atoms with E-state index in [9.17, 15) is 0 Å². The van der Waals surface area contributed by atoms with Gasteiger partial charge >= 0.3 is 0 Å². The van der Waals surface area contributed by atoms with Crippen LogP contribution < -0.4 is 0 Å². The SMILES string of the molecule is Brc1ccc2ncc3[nH]ncc3c2c1.CC. The molecule has 0 aliphatic carbocycles. The van der Waals surface area contributed by atoms with Gasteiger partial charge in [0.1, 0.15) is 0 Å². The van der Waals surface area contributed by atoms with Crippen LogP contribution in [0, 0.1) is 0 Å². The van der Waals surface area contributed by atoms with Crippen molar-refractivity contribution in [2.75, 3.05) is 0 Å². The molecule has 0 aliphatic rings. The van der Waals surface area contributed by atoms with Crippen LogP contribution in [-0.2, 0) is 0 Å². The van der Waals surface area contributed by atoms with Crippen LogP contribution in [0.4, 0.5) is 0 Å². The molecule has 0 radical (unpaired) electrons. The third-order valence-electron chi connectivity index (χ3n) is 2.25. The fourth-order valence-corrected chi connectivity index (χ4v) is 1.94. The lowest BCUT2D eigenvalue weighted by molar-refractivity contribution is 1.12. The van der Waals surface area contributed by atoms with Crippen LogP contribution >= 0.6 is 15.9 Å². The number of nitrogens with one attached hydrogen (secondary N) is 1. The normalized spacial score (nSPS) is 10.2. The molecule has 2 heterocycles. The van der Waals surface area contributed by atoms with Gasteiger partial charge in [0.25, 0.3) is 0 Å². The van der Waals surface area contributed by atoms with Crippen molar-refractivity contribution in [1.82, 2.24) is 15.2 Å². The quantitative estimate of drug-likeness (QED) is 0.677. The Morgan fingerprint density at radius 2 is 1.94 bits per heavy atom. The number of H-pyrrole nitrogens is 1. The molecule has 1 N–H and O–H groups in total. The molecule has 2 aromatic heterocycles. The van der Waals surface area contributed by atoms with Crippen molar-refractivity contribution in [2.24, 2.45) is 0 Å². The summed E-state index contributed by atoms with van der Waals surface area (Å²) in [6.07, 6.45) is 3.63. The van der Waals surface area contributed by atoms with Gasteiger partial charge in [-0.25, -0.2) is 0 Å². The van der Waals surface area contributed by atoms with Crippen LogP contribution in [0.15, 0.2) is 35.1 Å². The van der Waals surface area contributed by atoms with Gasteiger partial charge in [0.15, 0.2) is 0 Å². The van der Waals surface area contributed by atoms with Crippen molar-refractivity contribution >= 4 is 37.7 Å². The van der Waals surface area contributed by atoms with E-state index in [0.29, 0.717) is 0 Å². The maximum Gasteiger partial charge on any atom is 0.0840 e. The lowest BCUT2D eigenvalue weighted by Crippen LogP contribution is -1.79.